The lowest BCUT2D eigenvalue weighted by Gasteiger charge is -2.06. The monoisotopic (exact) mass is 176 g/mol. The Morgan fingerprint density at radius 1 is 1.42 bits per heavy atom. The SMILES string of the molecule is COCC(O)CC(=O)C(=O)CO. The van der Waals surface area contributed by atoms with Gasteiger partial charge in [0.05, 0.1) is 12.7 Å². The van der Waals surface area contributed by atoms with Gasteiger partial charge in [-0.05, 0) is 0 Å². The van der Waals surface area contributed by atoms with Crippen LogP contribution in [0.25, 0.3) is 0 Å². The van der Waals surface area contributed by atoms with Crippen LogP contribution in [0.4, 0.5) is 0 Å². The minimum Gasteiger partial charge on any atom is -0.390 e. The predicted octanol–water partition coefficient (Wildman–Crippen LogP) is -1.49. The van der Waals surface area contributed by atoms with Crippen molar-refractivity contribution >= 4 is 11.6 Å². The largest absolute Gasteiger partial charge is 0.390 e. The number of Topliss-reactive ketones (excluding diaryl/α,β-unsaturated/α-hetero) is 2. The first kappa shape index (κ1) is 11.2. The zero-order valence-corrected chi connectivity index (χ0v) is 6.82. The molecule has 0 bridgehead atoms. The summed E-state index contributed by atoms with van der Waals surface area (Å²) < 4.78 is 4.54. The molecule has 0 aliphatic heterocycles. The van der Waals surface area contributed by atoms with Gasteiger partial charge >= 0.3 is 0 Å². The van der Waals surface area contributed by atoms with E-state index < -0.39 is 24.3 Å². The molecule has 0 saturated heterocycles. The average molecular weight is 176 g/mol. The topological polar surface area (TPSA) is 83.8 Å². The van der Waals surface area contributed by atoms with E-state index in [1.54, 1.807) is 0 Å². The smallest absolute Gasteiger partial charge is 0.223 e. The van der Waals surface area contributed by atoms with Crippen molar-refractivity contribution in [2.45, 2.75) is 12.5 Å². The Balaban J connectivity index is 3.76. The van der Waals surface area contributed by atoms with Crippen LogP contribution in [-0.2, 0) is 14.3 Å². The normalized spacial score (nSPS) is 12.6. The molecule has 0 fully saturated rings. The van der Waals surface area contributed by atoms with Crippen LogP contribution in [0.3, 0.4) is 0 Å². The van der Waals surface area contributed by atoms with Crippen molar-refractivity contribution in [1.29, 1.82) is 0 Å². The van der Waals surface area contributed by atoms with Gasteiger partial charge in [0, 0.05) is 13.5 Å². The lowest BCUT2D eigenvalue weighted by molar-refractivity contribution is -0.139. The van der Waals surface area contributed by atoms with Crippen LogP contribution in [-0.4, -0.2) is 48.2 Å². The summed E-state index contributed by atoms with van der Waals surface area (Å²) in [7, 11) is 1.38. The van der Waals surface area contributed by atoms with Gasteiger partial charge in [-0.2, -0.15) is 0 Å². The molecular weight excluding hydrogens is 164 g/mol. The number of ketones is 2. The van der Waals surface area contributed by atoms with Gasteiger partial charge in [-0.25, -0.2) is 0 Å². The standard InChI is InChI=1S/C7H12O5/c1-12-4-5(9)2-6(10)7(11)3-8/h5,8-9H,2-4H2,1H3. The van der Waals surface area contributed by atoms with Gasteiger partial charge < -0.3 is 14.9 Å². The van der Waals surface area contributed by atoms with E-state index in [0.29, 0.717) is 0 Å². The lowest BCUT2D eigenvalue weighted by atomic mass is 10.1. The molecule has 0 aromatic carbocycles. The van der Waals surface area contributed by atoms with E-state index in [-0.39, 0.29) is 13.0 Å². The number of ether oxygens (including phenoxy) is 1. The first-order valence-electron chi connectivity index (χ1n) is 3.45. The van der Waals surface area contributed by atoms with Gasteiger partial charge in [-0.15, -0.1) is 0 Å². The number of hydrogen-bond donors (Lipinski definition) is 2. The van der Waals surface area contributed by atoms with Crippen LogP contribution >= 0.6 is 0 Å². The van der Waals surface area contributed by atoms with Gasteiger partial charge in [0.15, 0.2) is 0 Å². The van der Waals surface area contributed by atoms with Crippen molar-refractivity contribution in [2.24, 2.45) is 0 Å². The van der Waals surface area contributed by atoms with Gasteiger partial charge in [-0.1, -0.05) is 0 Å². The summed E-state index contributed by atoms with van der Waals surface area (Å²) in [6, 6.07) is 0. The van der Waals surface area contributed by atoms with E-state index in [0.717, 1.165) is 0 Å². The molecule has 2 N–H and O–H groups in total. The van der Waals surface area contributed by atoms with Crippen molar-refractivity contribution in [2.75, 3.05) is 20.3 Å². The molecule has 1 unspecified atom stereocenters. The molecule has 0 amide bonds. The van der Waals surface area contributed by atoms with Crippen LogP contribution in [0.15, 0.2) is 0 Å². The Labute approximate surface area is 70.0 Å². The maximum atomic E-state index is 10.7. The summed E-state index contributed by atoms with van der Waals surface area (Å²) in [5, 5.41) is 17.2. The number of rotatable bonds is 6. The number of carbonyl (C=O) groups excluding carboxylic acids is 2. The van der Waals surface area contributed by atoms with Crippen molar-refractivity contribution < 1.29 is 24.5 Å². The second-order valence-electron chi connectivity index (χ2n) is 2.32. The molecule has 70 valence electrons. The van der Waals surface area contributed by atoms with E-state index in [2.05, 4.69) is 4.74 Å². The average Bonchev–Trinajstić information content (AvgIpc) is 2.03. The highest BCUT2D eigenvalue weighted by atomic mass is 16.5. The Hall–Kier alpha value is -0.780. The van der Waals surface area contributed by atoms with Crippen LogP contribution in [0, 0.1) is 0 Å². The minimum atomic E-state index is -0.974. The summed E-state index contributed by atoms with van der Waals surface area (Å²) in [4.78, 5) is 21.2. The molecule has 12 heavy (non-hydrogen) atoms. The molecule has 5 heteroatoms. The maximum absolute atomic E-state index is 10.7. The van der Waals surface area contributed by atoms with Gasteiger partial charge in [0.2, 0.25) is 11.6 Å². The van der Waals surface area contributed by atoms with Crippen molar-refractivity contribution in [3.8, 4) is 0 Å². The molecule has 5 nitrogen and oxygen atoms in total. The molecule has 0 aliphatic rings. The number of aliphatic hydroxyl groups excluding tert-OH is 2. The van der Waals surface area contributed by atoms with E-state index >= 15 is 0 Å². The second kappa shape index (κ2) is 5.82. The Kier molecular flexibility index (Phi) is 5.44. The number of methoxy groups -OCH3 is 1. The summed E-state index contributed by atoms with van der Waals surface area (Å²) in [5.74, 6) is -1.66. The molecule has 1 atom stereocenters. The molecule has 0 aromatic heterocycles. The zero-order valence-electron chi connectivity index (χ0n) is 6.82. The fraction of sp³-hybridized carbons (Fsp3) is 0.714. The number of hydrogen-bond acceptors (Lipinski definition) is 5. The molecule has 0 saturated carbocycles. The molecule has 0 rings (SSSR count). The van der Waals surface area contributed by atoms with Crippen LogP contribution in [0.2, 0.25) is 0 Å². The van der Waals surface area contributed by atoms with Crippen LogP contribution in [0.1, 0.15) is 6.42 Å². The van der Waals surface area contributed by atoms with E-state index in [1.807, 2.05) is 0 Å². The third kappa shape index (κ3) is 4.17. The second-order valence-corrected chi connectivity index (χ2v) is 2.32. The van der Waals surface area contributed by atoms with Gasteiger partial charge in [-0.3, -0.25) is 9.59 Å². The third-order valence-electron chi connectivity index (χ3n) is 1.23. The molecule has 0 radical (unpaired) electrons. The fourth-order valence-electron chi connectivity index (χ4n) is 0.667. The molecule has 0 heterocycles. The Bertz CT molecular complexity index is 165. The predicted molar refractivity (Wildman–Crippen MR) is 39.6 cm³/mol. The summed E-state index contributed by atoms with van der Waals surface area (Å²) in [6.07, 6.45) is -1.27. The van der Waals surface area contributed by atoms with E-state index in [4.69, 9.17) is 10.2 Å². The molecule has 0 aliphatic carbocycles. The number of aliphatic hydroxyl groups is 2. The maximum Gasteiger partial charge on any atom is 0.223 e. The summed E-state index contributed by atoms with van der Waals surface area (Å²) in [6.45, 7) is -0.803. The molecule has 0 spiro atoms. The van der Waals surface area contributed by atoms with Crippen LogP contribution in [0.5, 0.6) is 0 Å². The Morgan fingerprint density at radius 2 is 2.00 bits per heavy atom. The zero-order chi connectivity index (χ0) is 9.56. The Morgan fingerprint density at radius 3 is 2.42 bits per heavy atom. The first-order valence-corrected chi connectivity index (χ1v) is 3.45. The van der Waals surface area contributed by atoms with Gasteiger partial charge in [0.1, 0.15) is 6.61 Å². The third-order valence-corrected chi connectivity index (χ3v) is 1.23. The highest BCUT2D eigenvalue weighted by Crippen LogP contribution is 1.94. The minimum absolute atomic E-state index is 0.00441. The van der Waals surface area contributed by atoms with Crippen molar-refractivity contribution in [3.63, 3.8) is 0 Å². The van der Waals surface area contributed by atoms with Crippen LogP contribution < -0.4 is 0 Å². The van der Waals surface area contributed by atoms with Crippen molar-refractivity contribution in [3.05, 3.63) is 0 Å². The molecular formula is C7H12O5. The highest BCUT2D eigenvalue weighted by Gasteiger charge is 2.16. The lowest BCUT2D eigenvalue weighted by Crippen LogP contribution is -2.25. The highest BCUT2D eigenvalue weighted by molar-refractivity contribution is 6.37. The quantitative estimate of drug-likeness (QED) is 0.482. The van der Waals surface area contributed by atoms with Gasteiger partial charge in [0.25, 0.3) is 0 Å². The summed E-state index contributed by atoms with van der Waals surface area (Å²) in [5.41, 5.74) is 0. The molecule has 0 aromatic rings. The summed E-state index contributed by atoms with van der Waals surface area (Å²) >= 11 is 0. The first-order chi connectivity index (χ1) is 5.61. The van der Waals surface area contributed by atoms with Crippen molar-refractivity contribution in [1.82, 2.24) is 0 Å². The number of carbonyl (C=O) groups is 2. The van der Waals surface area contributed by atoms with E-state index in [9.17, 15) is 9.59 Å². The van der Waals surface area contributed by atoms with E-state index in [1.165, 1.54) is 7.11 Å². The fourth-order valence-corrected chi connectivity index (χ4v) is 0.667.